The number of piperidine rings is 1. The van der Waals surface area contributed by atoms with Crippen molar-refractivity contribution in [2.75, 3.05) is 19.7 Å². The summed E-state index contributed by atoms with van der Waals surface area (Å²) in [6.07, 6.45) is 1.89. The van der Waals surface area contributed by atoms with Crippen molar-refractivity contribution in [1.29, 1.82) is 0 Å². The summed E-state index contributed by atoms with van der Waals surface area (Å²) >= 11 is 0. The quantitative estimate of drug-likeness (QED) is 0.789. The van der Waals surface area contributed by atoms with E-state index < -0.39 is 0 Å². The molecule has 1 fully saturated rings. The van der Waals surface area contributed by atoms with Crippen LogP contribution in [-0.2, 0) is 20.7 Å². The summed E-state index contributed by atoms with van der Waals surface area (Å²) in [7, 11) is 0. The number of rotatable bonds is 4. The second-order valence-electron chi connectivity index (χ2n) is 5.41. The Morgan fingerprint density at radius 1 is 1.43 bits per heavy atom. The van der Waals surface area contributed by atoms with E-state index in [4.69, 9.17) is 9.26 Å². The van der Waals surface area contributed by atoms with Gasteiger partial charge in [-0.3, -0.25) is 9.59 Å². The topological polar surface area (TPSA) is 72.6 Å². The first-order valence-corrected chi connectivity index (χ1v) is 7.39. The van der Waals surface area contributed by atoms with Gasteiger partial charge in [-0.1, -0.05) is 5.16 Å². The second-order valence-corrected chi connectivity index (χ2v) is 5.41. The van der Waals surface area contributed by atoms with Crippen molar-refractivity contribution in [3.8, 4) is 0 Å². The molecule has 1 unspecified atom stereocenters. The number of likely N-dealkylation sites (tertiary alicyclic amines) is 1. The molecular weight excluding hydrogens is 272 g/mol. The summed E-state index contributed by atoms with van der Waals surface area (Å²) in [4.78, 5) is 26.0. The molecule has 21 heavy (non-hydrogen) atoms. The van der Waals surface area contributed by atoms with E-state index in [0.717, 1.165) is 24.1 Å². The third-order valence-corrected chi connectivity index (χ3v) is 3.90. The lowest BCUT2D eigenvalue weighted by Gasteiger charge is -2.31. The molecule has 1 atom stereocenters. The number of carbonyl (C=O) groups is 2. The van der Waals surface area contributed by atoms with Crippen LogP contribution in [0.4, 0.5) is 0 Å². The van der Waals surface area contributed by atoms with E-state index >= 15 is 0 Å². The van der Waals surface area contributed by atoms with Crippen LogP contribution < -0.4 is 0 Å². The van der Waals surface area contributed by atoms with Crippen molar-refractivity contribution in [3.63, 3.8) is 0 Å². The molecule has 0 aromatic carbocycles. The summed E-state index contributed by atoms with van der Waals surface area (Å²) < 4.78 is 10.1. The van der Waals surface area contributed by atoms with E-state index in [1.165, 1.54) is 0 Å². The van der Waals surface area contributed by atoms with E-state index in [-0.39, 0.29) is 24.2 Å². The first-order valence-electron chi connectivity index (χ1n) is 7.39. The largest absolute Gasteiger partial charge is 0.466 e. The lowest BCUT2D eigenvalue weighted by molar-refractivity contribution is -0.151. The van der Waals surface area contributed by atoms with Gasteiger partial charge in [0.15, 0.2) is 0 Å². The van der Waals surface area contributed by atoms with E-state index in [9.17, 15) is 9.59 Å². The molecule has 6 nitrogen and oxygen atoms in total. The van der Waals surface area contributed by atoms with Crippen LogP contribution in [0.15, 0.2) is 4.52 Å². The summed E-state index contributed by atoms with van der Waals surface area (Å²) in [5.74, 6) is 0.290. The normalized spacial score (nSPS) is 18.6. The molecule has 0 radical (unpaired) electrons. The number of aromatic nitrogens is 1. The standard InChI is InChI=1S/C15H22N2O4/c1-4-20-15(19)12-6-5-7-17(9-12)14(18)8-13-10(2)16-21-11(13)3/h12H,4-9H2,1-3H3. The molecule has 2 heterocycles. The first kappa shape index (κ1) is 15.5. The predicted molar refractivity (Wildman–Crippen MR) is 75.6 cm³/mol. The third kappa shape index (κ3) is 3.62. The highest BCUT2D eigenvalue weighted by Crippen LogP contribution is 2.20. The summed E-state index contributed by atoms with van der Waals surface area (Å²) in [6.45, 7) is 6.94. The Kier molecular flexibility index (Phi) is 4.98. The van der Waals surface area contributed by atoms with Crippen LogP contribution in [0.5, 0.6) is 0 Å². The molecule has 0 aliphatic carbocycles. The number of hydrogen-bond donors (Lipinski definition) is 0. The van der Waals surface area contributed by atoms with E-state index in [2.05, 4.69) is 5.16 Å². The second kappa shape index (κ2) is 6.74. The zero-order valence-electron chi connectivity index (χ0n) is 12.8. The molecule has 1 aliphatic heterocycles. The van der Waals surface area contributed by atoms with Gasteiger partial charge in [-0.15, -0.1) is 0 Å². The smallest absolute Gasteiger partial charge is 0.310 e. The van der Waals surface area contributed by atoms with Gasteiger partial charge in [0.2, 0.25) is 5.91 Å². The zero-order chi connectivity index (χ0) is 15.4. The Morgan fingerprint density at radius 2 is 2.19 bits per heavy atom. The van der Waals surface area contributed by atoms with E-state index in [1.807, 2.05) is 6.92 Å². The maximum absolute atomic E-state index is 12.4. The molecule has 1 saturated heterocycles. The average Bonchev–Trinajstić information content (AvgIpc) is 2.79. The Morgan fingerprint density at radius 3 is 2.81 bits per heavy atom. The van der Waals surface area contributed by atoms with Crippen molar-refractivity contribution < 1.29 is 18.8 Å². The van der Waals surface area contributed by atoms with Gasteiger partial charge in [0.05, 0.1) is 24.6 Å². The van der Waals surface area contributed by atoms with Crippen molar-refractivity contribution in [3.05, 3.63) is 17.0 Å². The molecule has 0 N–H and O–H groups in total. The Labute approximate surface area is 124 Å². The van der Waals surface area contributed by atoms with Crippen LogP contribution in [0.1, 0.15) is 36.8 Å². The van der Waals surface area contributed by atoms with Crippen molar-refractivity contribution in [1.82, 2.24) is 10.1 Å². The number of amides is 1. The first-order chi connectivity index (χ1) is 10.0. The van der Waals surface area contributed by atoms with Crippen LogP contribution in [0.3, 0.4) is 0 Å². The van der Waals surface area contributed by atoms with Crippen LogP contribution in [0, 0.1) is 19.8 Å². The molecule has 0 spiro atoms. The molecule has 1 amide bonds. The Hall–Kier alpha value is -1.85. The maximum Gasteiger partial charge on any atom is 0.310 e. The number of nitrogens with zero attached hydrogens (tertiary/aromatic N) is 2. The fraction of sp³-hybridized carbons (Fsp3) is 0.667. The van der Waals surface area contributed by atoms with Crippen LogP contribution >= 0.6 is 0 Å². The minimum Gasteiger partial charge on any atom is -0.466 e. The highest BCUT2D eigenvalue weighted by Gasteiger charge is 2.29. The summed E-state index contributed by atoms with van der Waals surface area (Å²) in [5, 5.41) is 3.86. The summed E-state index contributed by atoms with van der Waals surface area (Å²) in [5.41, 5.74) is 1.60. The molecule has 0 bridgehead atoms. The number of hydrogen-bond acceptors (Lipinski definition) is 5. The average molecular weight is 294 g/mol. The molecule has 1 aliphatic rings. The molecular formula is C15H22N2O4. The lowest BCUT2D eigenvalue weighted by atomic mass is 9.97. The van der Waals surface area contributed by atoms with Gasteiger partial charge in [-0.2, -0.15) is 0 Å². The predicted octanol–water partition coefficient (Wildman–Crippen LogP) is 1.64. The highest BCUT2D eigenvalue weighted by atomic mass is 16.5. The van der Waals surface area contributed by atoms with Crippen LogP contribution in [0.2, 0.25) is 0 Å². The molecule has 0 saturated carbocycles. The van der Waals surface area contributed by atoms with E-state index in [1.54, 1.807) is 18.7 Å². The fourth-order valence-corrected chi connectivity index (χ4v) is 2.67. The summed E-state index contributed by atoms with van der Waals surface area (Å²) in [6, 6.07) is 0. The fourth-order valence-electron chi connectivity index (χ4n) is 2.67. The van der Waals surface area contributed by atoms with Gasteiger partial charge in [0.1, 0.15) is 5.76 Å². The van der Waals surface area contributed by atoms with Crippen molar-refractivity contribution in [2.45, 2.75) is 40.0 Å². The third-order valence-electron chi connectivity index (χ3n) is 3.90. The number of aryl methyl sites for hydroxylation is 2. The van der Waals surface area contributed by atoms with Gasteiger partial charge < -0.3 is 14.2 Å². The van der Waals surface area contributed by atoms with Crippen LogP contribution in [-0.4, -0.2) is 41.6 Å². The molecule has 2 rings (SSSR count). The number of esters is 1. The lowest BCUT2D eigenvalue weighted by Crippen LogP contribution is -2.43. The van der Waals surface area contributed by atoms with Crippen molar-refractivity contribution in [2.24, 2.45) is 5.92 Å². The number of ether oxygens (including phenoxy) is 1. The van der Waals surface area contributed by atoms with Gasteiger partial charge in [-0.25, -0.2) is 0 Å². The highest BCUT2D eigenvalue weighted by molar-refractivity contribution is 5.80. The minimum atomic E-state index is -0.202. The molecule has 116 valence electrons. The van der Waals surface area contributed by atoms with Gasteiger partial charge in [0, 0.05) is 18.7 Å². The van der Waals surface area contributed by atoms with Crippen LogP contribution in [0.25, 0.3) is 0 Å². The number of carbonyl (C=O) groups excluding carboxylic acids is 2. The minimum absolute atomic E-state index is 0.0124. The monoisotopic (exact) mass is 294 g/mol. The maximum atomic E-state index is 12.4. The van der Waals surface area contributed by atoms with Gasteiger partial charge in [-0.05, 0) is 33.6 Å². The molecule has 1 aromatic heterocycles. The van der Waals surface area contributed by atoms with E-state index in [0.29, 0.717) is 25.5 Å². The van der Waals surface area contributed by atoms with Gasteiger partial charge >= 0.3 is 5.97 Å². The SMILES string of the molecule is CCOC(=O)C1CCCN(C(=O)Cc2c(C)noc2C)C1. The molecule has 1 aromatic rings. The Balaban J connectivity index is 1.98. The van der Waals surface area contributed by atoms with Crippen molar-refractivity contribution >= 4 is 11.9 Å². The molecule has 6 heteroatoms. The Bertz CT molecular complexity index is 504. The van der Waals surface area contributed by atoms with Gasteiger partial charge in [0.25, 0.3) is 0 Å². The zero-order valence-corrected chi connectivity index (χ0v) is 12.8.